The summed E-state index contributed by atoms with van der Waals surface area (Å²) in [7, 11) is 0. The molecule has 0 atom stereocenters. The molecule has 0 unspecified atom stereocenters. The Hall–Kier alpha value is -2.79. The summed E-state index contributed by atoms with van der Waals surface area (Å²) in [4.78, 5) is 14.7. The molecule has 29 heavy (non-hydrogen) atoms. The number of hydrogen-bond donors (Lipinski definition) is 0. The lowest BCUT2D eigenvalue weighted by Gasteiger charge is -2.23. The highest BCUT2D eigenvalue weighted by atomic mass is 35.5. The normalized spacial score (nSPS) is 10.7. The van der Waals surface area contributed by atoms with Gasteiger partial charge in [0.2, 0.25) is 0 Å². The monoisotopic (exact) mass is 415 g/mol. The number of benzene rings is 2. The maximum Gasteiger partial charge on any atom is 0.254 e. The Morgan fingerprint density at radius 1 is 1.10 bits per heavy atom. The first-order valence-electron chi connectivity index (χ1n) is 9.56. The number of unbranched alkanes of at least 4 members (excludes halogenated alkanes) is 1. The van der Waals surface area contributed by atoms with Crippen LogP contribution in [0.1, 0.15) is 41.4 Å². The molecule has 0 radical (unpaired) electrons. The summed E-state index contributed by atoms with van der Waals surface area (Å²) in [5.74, 6) is 0.616. The van der Waals surface area contributed by atoms with Crippen molar-refractivity contribution in [3.63, 3.8) is 0 Å². The zero-order valence-corrected chi connectivity index (χ0v) is 17.0. The van der Waals surface area contributed by atoms with Gasteiger partial charge in [-0.2, -0.15) is 0 Å². The zero-order chi connectivity index (χ0) is 20.6. The van der Waals surface area contributed by atoms with Crippen LogP contribution in [-0.2, 0) is 13.1 Å². The van der Waals surface area contributed by atoms with Crippen LogP contribution in [0.4, 0.5) is 4.39 Å². The van der Waals surface area contributed by atoms with Gasteiger partial charge in [-0.15, -0.1) is 0 Å². The number of nitrogens with zero attached hydrogens (tertiary/aromatic N) is 1. The van der Waals surface area contributed by atoms with Crippen LogP contribution in [0, 0.1) is 5.82 Å². The lowest BCUT2D eigenvalue weighted by molar-refractivity contribution is 0.0716. The number of halogens is 2. The molecule has 0 aliphatic carbocycles. The van der Waals surface area contributed by atoms with Crippen molar-refractivity contribution in [3.8, 4) is 5.75 Å². The van der Waals surface area contributed by atoms with Gasteiger partial charge >= 0.3 is 0 Å². The molecule has 0 fully saturated rings. The second-order valence-electron chi connectivity index (χ2n) is 6.67. The molecule has 0 bridgehead atoms. The molecule has 0 spiro atoms. The van der Waals surface area contributed by atoms with Crippen molar-refractivity contribution in [3.05, 3.63) is 88.6 Å². The summed E-state index contributed by atoms with van der Waals surface area (Å²) in [6, 6.07) is 15.0. The van der Waals surface area contributed by atoms with E-state index in [1.165, 1.54) is 23.3 Å². The van der Waals surface area contributed by atoms with E-state index in [9.17, 15) is 9.18 Å². The van der Waals surface area contributed by atoms with Crippen molar-refractivity contribution in [2.24, 2.45) is 0 Å². The van der Waals surface area contributed by atoms with Crippen molar-refractivity contribution in [1.82, 2.24) is 4.90 Å². The van der Waals surface area contributed by atoms with Crippen LogP contribution in [0.3, 0.4) is 0 Å². The Balaban J connectivity index is 1.80. The van der Waals surface area contributed by atoms with E-state index in [-0.39, 0.29) is 29.6 Å². The van der Waals surface area contributed by atoms with Crippen LogP contribution < -0.4 is 4.74 Å². The third-order valence-corrected chi connectivity index (χ3v) is 4.85. The first-order valence-corrected chi connectivity index (χ1v) is 9.93. The highest BCUT2D eigenvalue weighted by molar-refractivity contribution is 6.31. The lowest BCUT2D eigenvalue weighted by Crippen LogP contribution is -2.30. The van der Waals surface area contributed by atoms with E-state index in [0.717, 1.165) is 12.8 Å². The fourth-order valence-corrected chi connectivity index (χ4v) is 3.10. The second kappa shape index (κ2) is 10.1. The molecular weight excluding hydrogens is 393 g/mol. The molecule has 3 rings (SSSR count). The fourth-order valence-electron chi connectivity index (χ4n) is 2.88. The standard InChI is InChI=1S/C23H23ClFNO3/c1-2-3-13-28-18-11-9-17(10-12-18)23(27)26(15-19-6-5-14-29-19)16-20-21(24)7-4-8-22(20)25/h4-12,14H,2-3,13,15-16H2,1H3. The van der Waals surface area contributed by atoms with Crippen molar-refractivity contribution < 1.29 is 18.3 Å². The molecule has 4 nitrogen and oxygen atoms in total. The van der Waals surface area contributed by atoms with Gasteiger partial charge in [-0.3, -0.25) is 4.79 Å². The van der Waals surface area contributed by atoms with E-state index < -0.39 is 5.82 Å². The van der Waals surface area contributed by atoms with Crippen LogP contribution in [0.25, 0.3) is 0 Å². The number of amides is 1. The third-order valence-electron chi connectivity index (χ3n) is 4.49. The maximum atomic E-state index is 14.3. The topological polar surface area (TPSA) is 42.7 Å². The molecule has 1 aromatic heterocycles. The molecule has 0 aliphatic heterocycles. The lowest BCUT2D eigenvalue weighted by atomic mass is 10.1. The molecule has 3 aromatic rings. The number of ether oxygens (including phenoxy) is 1. The van der Waals surface area contributed by atoms with Crippen LogP contribution in [0.2, 0.25) is 5.02 Å². The molecular formula is C23H23ClFNO3. The van der Waals surface area contributed by atoms with Gasteiger partial charge < -0.3 is 14.1 Å². The second-order valence-corrected chi connectivity index (χ2v) is 7.07. The van der Waals surface area contributed by atoms with Gasteiger partial charge in [0, 0.05) is 16.1 Å². The number of carbonyl (C=O) groups is 1. The Morgan fingerprint density at radius 3 is 2.55 bits per heavy atom. The van der Waals surface area contributed by atoms with Crippen LogP contribution in [0.5, 0.6) is 5.75 Å². The molecule has 0 aliphatic rings. The molecule has 1 heterocycles. The van der Waals surface area contributed by atoms with E-state index in [1.807, 2.05) is 0 Å². The average Bonchev–Trinajstić information content (AvgIpc) is 3.23. The van der Waals surface area contributed by atoms with Gasteiger partial charge in [0.15, 0.2) is 0 Å². The minimum Gasteiger partial charge on any atom is -0.494 e. The molecule has 1 amide bonds. The highest BCUT2D eigenvalue weighted by Crippen LogP contribution is 2.23. The minimum atomic E-state index is -0.450. The van der Waals surface area contributed by atoms with Crippen LogP contribution >= 0.6 is 11.6 Å². The first kappa shape index (κ1) is 20.9. The van der Waals surface area contributed by atoms with E-state index >= 15 is 0 Å². The van der Waals surface area contributed by atoms with Gasteiger partial charge in [-0.25, -0.2) is 4.39 Å². The number of carbonyl (C=O) groups excluding carboxylic acids is 1. The first-order chi connectivity index (χ1) is 14.1. The zero-order valence-electron chi connectivity index (χ0n) is 16.2. The summed E-state index contributed by atoms with van der Waals surface area (Å²) in [6.07, 6.45) is 3.56. The summed E-state index contributed by atoms with van der Waals surface area (Å²) in [5, 5.41) is 0.280. The molecule has 0 saturated heterocycles. The number of rotatable bonds is 9. The SMILES string of the molecule is CCCCOc1ccc(C(=O)N(Cc2ccco2)Cc2c(F)cccc2Cl)cc1. The largest absolute Gasteiger partial charge is 0.494 e. The maximum absolute atomic E-state index is 14.3. The van der Waals surface area contributed by atoms with Gasteiger partial charge in [0.05, 0.1) is 26.0 Å². The Labute approximate surface area is 174 Å². The average molecular weight is 416 g/mol. The Morgan fingerprint density at radius 2 is 1.90 bits per heavy atom. The van der Waals surface area contributed by atoms with Crippen molar-refractivity contribution in [1.29, 1.82) is 0 Å². The predicted octanol–water partition coefficient (Wildman–Crippen LogP) is 6.09. The van der Waals surface area contributed by atoms with Crippen LogP contribution in [0.15, 0.2) is 65.3 Å². The molecule has 0 N–H and O–H groups in total. The minimum absolute atomic E-state index is 0.0276. The fraction of sp³-hybridized carbons (Fsp3) is 0.261. The molecule has 0 saturated carbocycles. The van der Waals surface area contributed by atoms with E-state index in [4.69, 9.17) is 20.8 Å². The summed E-state index contributed by atoms with van der Waals surface area (Å²) in [5.41, 5.74) is 0.750. The number of hydrogen-bond acceptors (Lipinski definition) is 3. The van der Waals surface area contributed by atoms with Gasteiger partial charge in [0.25, 0.3) is 5.91 Å². The van der Waals surface area contributed by atoms with Crippen LogP contribution in [-0.4, -0.2) is 17.4 Å². The molecule has 2 aromatic carbocycles. The Bertz CT molecular complexity index is 906. The third kappa shape index (κ3) is 5.61. The van der Waals surface area contributed by atoms with Crippen molar-refractivity contribution in [2.45, 2.75) is 32.9 Å². The van der Waals surface area contributed by atoms with E-state index in [1.54, 1.807) is 42.5 Å². The highest BCUT2D eigenvalue weighted by Gasteiger charge is 2.21. The summed E-state index contributed by atoms with van der Waals surface area (Å²) in [6.45, 7) is 2.96. The van der Waals surface area contributed by atoms with E-state index in [2.05, 4.69) is 6.92 Å². The predicted molar refractivity (Wildman–Crippen MR) is 111 cm³/mol. The Kier molecular flexibility index (Phi) is 7.30. The smallest absolute Gasteiger partial charge is 0.254 e. The molecule has 152 valence electrons. The summed E-state index contributed by atoms with van der Waals surface area (Å²) < 4.78 is 25.3. The number of furan rings is 1. The quantitative estimate of drug-likeness (QED) is 0.397. The van der Waals surface area contributed by atoms with Crippen molar-refractivity contribution in [2.75, 3.05) is 6.61 Å². The van der Waals surface area contributed by atoms with E-state index in [0.29, 0.717) is 23.7 Å². The van der Waals surface area contributed by atoms with Gasteiger partial charge in [-0.1, -0.05) is 31.0 Å². The van der Waals surface area contributed by atoms with Gasteiger partial charge in [-0.05, 0) is 55.0 Å². The molecule has 6 heteroatoms. The van der Waals surface area contributed by atoms with Gasteiger partial charge in [0.1, 0.15) is 17.3 Å². The summed E-state index contributed by atoms with van der Waals surface area (Å²) >= 11 is 6.17. The van der Waals surface area contributed by atoms with Crippen molar-refractivity contribution >= 4 is 17.5 Å².